The summed E-state index contributed by atoms with van der Waals surface area (Å²) in [6.45, 7) is 6.74. The number of piperidine rings is 1. The maximum atomic E-state index is 12.0. The number of hydrogen-bond donors (Lipinski definition) is 1. The third-order valence-corrected chi connectivity index (χ3v) is 4.84. The Morgan fingerprint density at radius 1 is 1.15 bits per heavy atom. The SMILES string of the molecule is CC(C)CNC(=O)c1cnc(N2CCC(Cc3ccccc3)CC2)nc1. The number of nitrogens with one attached hydrogen (secondary N) is 1. The molecule has 2 aromatic rings. The van der Waals surface area contributed by atoms with Gasteiger partial charge in [-0.3, -0.25) is 4.79 Å². The maximum absolute atomic E-state index is 12.0. The Hall–Kier alpha value is -2.43. The van der Waals surface area contributed by atoms with Crippen LogP contribution in [-0.2, 0) is 6.42 Å². The van der Waals surface area contributed by atoms with Crippen LogP contribution >= 0.6 is 0 Å². The molecule has 0 aliphatic carbocycles. The molecule has 1 aromatic carbocycles. The van der Waals surface area contributed by atoms with Gasteiger partial charge in [-0.15, -0.1) is 0 Å². The van der Waals surface area contributed by atoms with Crippen LogP contribution in [0.5, 0.6) is 0 Å². The number of aromatic nitrogens is 2. The van der Waals surface area contributed by atoms with Crippen molar-refractivity contribution >= 4 is 11.9 Å². The van der Waals surface area contributed by atoms with Crippen LogP contribution in [0.25, 0.3) is 0 Å². The van der Waals surface area contributed by atoms with Crippen LogP contribution in [0, 0.1) is 11.8 Å². The summed E-state index contributed by atoms with van der Waals surface area (Å²) in [5.41, 5.74) is 1.94. The van der Waals surface area contributed by atoms with E-state index in [2.05, 4.69) is 64.4 Å². The van der Waals surface area contributed by atoms with Crippen molar-refractivity contribution in [3.05, 3.63) is 53.9 Å². The number of hydrogen-bond acceptors (Lipinski definition) is 4. The van der Waals surface area contributed by atoms with Gasteiger partial charge in [-0.25, -0.2) is 9.97 Å². The third kappa shape index (κ3) is 5.04. The van der Waals surface area contributed by atoms with Gasteiger partial charge in [0, 0.05) is 32.0 Å². The predicted octanol–water partition coefficient (Wildman–Crippen LogP) is 3.32. The zero-order valence-electron chi connectivity index (χ0n) is 15.7. The highest BCUT2D eigenvalue weighted by Crippen LogP contribution is 2.23. The standard InChI is InChI=1S/C21H28N4O/c1-16(2)13-22-20(26)19-14-23-21(24-15-19)25-10-8-18(9-11-25)12-17-6-4-3-5-7-17/h3-7,14-16,18H,8-13H2,1-2H3,(H,22,26). The van der Waals surface area contributed by atoms with Gasteiger partial charge in [-0.05, 0) is 36.7 Å². The summed E-state index contributed by atoms with van der Waals surface area (Å²) in [7, 11) is 0. The summed E-state index contributed by atoms with van der Waals surface area (Å²) in [6, 6.07) is 10.7. The number of carbonyl (C=O) groups is 1. The lowest BCUT2D eigenvalue weighted by Crippen LogP contribution is -2.35. The first-order chi connectivity index (χ1) is 12.6. The lowest BCUT2D eigenvalue weighted by molar-refractivity contribution is 0.0948. The lowest BCUT2D eigenvalue weighted by atomic mass is 9.90. The minimum Gasteiger partial charge on any atom is -0.352 e. The van der Waals surface area contributed by atoms with E-state index in [0.29, 0.717) is 18.0 Å². The molecule has 138 valence electrons. The van der Waals surface area contributed by atoms with Crippen molar-refractivity contribution in [2.24, 2.45) is 11.8 Å². The Labute approximate surface area is 155 Å². The Bertz CT molecular complexity index is 692. The Kier molecular flexibility index (Phi) is 6.21. The first-order valence-corrected chi connectivity index (χ1v) is 9.51. The van der Waals surface area contributed by atoms with Crippen LogP contribution in [0.3, 0.4) is 0 Å². The van der Waals surface area contributed by atoms with Crippen molar-refractivity contribution in [3.63, 3.8) is 0 Å². The zero-order chi connectivity index (χ0) is 18.4. The topological polar surface area (TPSA) is 58.1 Å². The number of carbonyl (C=O) groups excluding carboxylic acids is 1. The molecule has 1 fully saturated rings. The fraction of sp³-hybridized carbons (Fsp3) is 0.476. The van der Waals surface area contributed by atoms with Gasteiger partial charge in [-0.1, -0.05) is 44.2 Å². The van der Waals surface area contributed by atoms with Gasteiger partial charge < -0.3 is 10.2 Å². The van der Waals surface area contributed by atoms with Crippen LogP contribution in [0.1, 0.15) is 42.6 Å². The molecule has 0 atom stereocenters. The van der Waals surface area contributed by atoms with Crippen molar-refractivity contribution in [3.8, 4) is 0 Å². The zero-order valence-corrected chi connectivity index (χ0v) is 15.7. The minimum atomic E-state index is -0.105. The van der Waals surface area contributed by atoms with Crippen LogP contribution in [-0.4, -0.2) is 35.5 Å². The van der Waals surface area contributed by atoms with Crippen molar-refractivity contribution in [1.82, 2.24) is 15.3 Å². The van der Waals surface area contributed by atoms with Crippen LogP contribution < -0.4 is 10.2 Å². The molecule has 5 nitrogen and oxygen atoms in total. The van der Waals surface area contributed by atoms with E-state index in [1.54, 1.807) is 12.4 Å². The molecule has 1 aliphatic rings. The van der Waals surface area contributed by atoms with Crippen LogP contribution in [0.4, 0.5) is 5.95 Å². The molecule has 1 aliphatic heterocycles. The second-order valence-electron chi connectivity index (χ2n) is 7.50. The highest BCUT2D eigenvalue weighted by Gasteiger charge is 2.21. The normalized spacial score (nSPS) is 15.3. The first kappa shape index (κ1) is 18.4. The third-order valence-electron chi connectivity index (χ3n) is 4.84. The van der Waals surface area contributed by atoms with E-state index in [9.17, 15) is 4.79 Å². The lowest BCUT2D eigenvalue weighted by Gasteiger charge is -2.32. The van der Waals surface area contributed by atoms with Gasteiger partial charge in [0.2, 0.25) is 5.95 Å². The predicted molar refractivity (Wildman–Crippen MR) is 104 cm³/mol. The van der Waals surface area contributed by atoms with E-state index in [-0.39, 0.29) is 5.91 Å². The maximum Gasteiger partial charge on any atom is 0.254 e. The highest BCUT2D eigenvalue weighted by molar-refractivity contribution is 5.93. The molecule has 1 amide bonds. The van der Waals surface area contributed by atoms with E-state index in [1.165, 1.54) is 5.56 Å². The van der Waals surface area contributed by atoms with Gasteiger partial charge in [-0.2, -0.15) is 0 Å². The number of benzene rings is 1. The molecule has 0 unspecified atom stereocenters. The van der Waals surface area contributed by atoms with Crippen LogP contribution in [0.15, 0.2) is 42.7 Å². The molecule has 0 radical (unpaired) electrons. The van der Waals surface area contributed by atoms with Crippen molar-refractivity contribution in [1.29, 1.82) is 0 Å². The Morgan fingerprint density at radius 2 is 1.81 bits per heavy atom. The number of anilines is 1. The van der Waals surface area contributed by atoms with E-state index in [1.807, 2.05) is 0 Å². The van der Waals surface area contributed by atoms with Gasteiger partial charge in [0.25, 0.3) is 5.91 Å². The molecule has 0 spiro atoms. The molecule has 0 saturated carbocycles. The second-order valence-corrected chi connectivity index (χ2v) is 7.50. The van der Waals surface area contributed by atoms with E-state index >= 15 is 0 Å². The minimum absolute atomic E-state index is 0.105. The average molecular weight is 352 g/mol. The first-order valence-electron chi connectivity index (χ1n) is 9.51. The van der Waals surface area contributed by atoms with E-state index in [4.69, 9.17) is 0 Å². The molecular weight excluding hydrogens is 324 g/mol. The van der Waals surface area contributed by atoms with Crippen molar-refractivity contribution in [2.45, 2.75) is 33.1 Å². The van der Waals surface area contributed by atoms with Gasteiger partial charge >= 0.3 is 0 Å². The quantitative estimate of drug-likeness (QED) is 0.866. The molecule has 0 bridgehead atoms. The highest BCUT2D eigenvalue weighted by atomic mass is 16.1. The molecule has 3 rings (SSSR count). The smallest absolute Gasteiger partial charge is 0.254 e. The number of nitrogens with zero attached hydrogens (tertiary/aromatic N) is 3. The Balaban J connectivity index is 1.50. The number of rotatable bonds is 6. The number of amides is 1. The summed E-state index contributed by atoms with van der Waals surface area (Å²) < 4.78 is 0. The molecule has 5 heteroatoms. The summed E-state index contributed by atoms with van der Waals surface area (Å²) in [6.07, 6.45) is 6.70. The molecule has 26 heavy (non-hydrogen) atoms. The van der Waals surface area contributed by atoms with Crippen LogP contribution in [0.2, 0.25) is 0 Å². The van der Waals surface area contributed by atoms with E-state index in [0.717, 1.165) is 44.2 Å². The molecular formula is C21H28N4O. The molecule has 1 saturated heterocycles. The van der Waals surface area contributed by atoms with E-state index < -0.39 is 0 Å². The second kappa shape index (κ2) is 8.79. The van der Waals surface area contributed by atoms with Gasteiger partial charge in [0.05, 0.1) is 5.56 Å². The van der Waals surface area contributed by atoms with Crippen molar-refractivity contribution in [2.75, 3.05) is 24.5 Å². The van der Waals surface area contributed by atoms with Gasteiger partial charge in [0.1, 0.15) is 0 Å². The monoisotopic (exact) mass is 352 g/mol. The summed E-state index contributed by atoms with van der Waals surface area (Å²) >= 11 is 0. The van der Waals surface area contributed by atoms with Crippen molar-refractivity contribution < 1.29 is 4.79 Å². The van der Waals surface area contributed by atoms with Gasteiger partial charge in [0.15, 0.2) is 0 Å². The summed E-state index contributed by atoms with van der Waals surface area (Å²) in [4.78, 5) is 23.1. The summed E-state index contributed by atoms with van der Waals surface area (Å²) in [5.74, 6) is 1.77. The molecule has 1 aromatic heterocycles. The fourth-order valence-corrected chi connectivity index (χ4v) is 3.29. The largest absolute Gasteiger partial charge is 0.352 e. The molecule has 1 N–H and O–H groups in total. The average Bonchev–Trinajstić information content (AvgIpc) is 2.68. The fourth-order valence-electron chi connectivity index (χ4n) is 3.29. The summed E-state index contributed by atoms with van der Waals surface area (Å²) in [5, 5.41) is 2.89. The molecule has 2 heterocycles. The Morgan fingerprint density at radius 3 is 2.42 bits per heavy atom.